The van der Waals surface area contributed by atoms with E-state index in [2.05, 4.69) is 21.5 Å². The molecule has 1 aromatic rings. The van der Waals surface area contributed by atoms with E-state index in [1.807, 2.05) is 17.9 Å². The second-order valence-corrected chi connectivity index (χ2v) is 6.61. The van der Waals surface area contributed by atoms with Crippen LogP contribution >= 0.6 is 0 Å². The fourth-order valence-corrected chi connectivity index (χ4v) is 3.95. The van der Waals surface area contributed by atoms with Crippen LogP contribution < -0.4 is 5.32 Å². The number of hydrogen-bond donors (Lipinski definition) is 1. The third-order valence-corrected chi connectivity index (χ3v) is 5.08. The minimum absolute atomic E-state index is 0.146. The molecule has 3 heterocycles. The zero-order chi connectivity index (χ0) is 15.5. The van der Waals surface area contributed by atoms with E-state index in [-0.39, 0.29) is 11.8 Å². The number of amides is 1. The summed E-state index contributed by atoms with van der Waals surface area (Å²) in [4.78, 5) is 14.7. The number of rotatable bonds is 4. The molecular weight excluding hydrogens is 280 g/mol. The summed E-state index contributed by atoms with van der Waals surface area (Å²) in [6.45, 7) is 4.44. The highest BCUT2D eigenvalue weighted by Crippen LogP contribution is 2.34. The van der Waals surface area contributed by atoms with Crippen molar-refractivity contribution in [1.29, 1.82) is 0 Å². The van der Waals surface area contributed by atoms with Crippen molar-refractivity contribution in [3.8, 4) is 0 Å². The first-order chi connectivity index (χ1) is 10.7. The molecule has 2 fully saturated rings. The second kappa shape index (κ2) is 6.79. The first kappa shape index (κ1) is 15.5. The molecule has 1 N–H and O–H groups in total. The van der Waals surface area contributed by atoms with Crippen molar-refractivity contribution in [3.05, 3.63) is 18.0 Å². The van der Waals surface area contributed by atoms with Crippen molar-refractivity contribution in [2.75, 3.05) is 33.4 Å². The molecule has 1 amide bonds. The summed E-state index contributed by atoms with van der Waals surface area (Å²) in [6, 6.07) is 0. The number of fused-ring (bicyclic) bond motifs is 1. The van der Waals surface area contributed by atoms with Gasteiger partial charge in [-0.25, -0.2) is 0 Å². The average Bonchev–Trinajstić information content (AvgIpc) is 2.78. The predicted molar refractivity (Wildman–Crippen MR) is 83.1 cm³/mol. The van der Waals surface area contributed by atoms with Crippen LogP contribution in [0.1, 0.15) is 18.4 Å². The molecule has 3 rings (SSSR count). The number of aryl methyl sites for hydroxylation is 1. The molecule has 6 heteroatoms. The summed E-state index contributed by atoms with van der Waals surface area (Å²) in [5.41, 5.74) is 1.24. The predicted octanol–water partition coefficient (Wildman–Crippen LogP) is 0.641. The van der Waals surface area contributed by atoms with Crippen molar-refractivity contribution in [2.45, 2.75) is 19.4 Å². The highest BCUT2D eigenvalue weighted by molar-refractivity contribution is 5.79. The molecule has 122 valence electrons. The van der Waals surface area contributed by atoms with E-state index in [4.69, 9.17) is 4.74 Å². The van der Waals surface area contributed by atoms with Gasteiger partial charge in [0.1, 0.15) is 0 Å². The fraction of sp³-hybridized carbons (Fsp3) is 0.750. The van der Waals surface area contributed by atoms with Crippen LogP contribution in [0.15, 0.2) is 12.4 Å². The first-order valence-corrected chi connectivity index (χ1v) is 8.14. The molecule has 0 saturated carbocycles. The smallest absolute Gasteiger partial charge is 0.223 e. The molecule has 0 bridgehead atoms. The Balaban J connectivity index is 1.65. The van der Waals surface area contributed by atoms with Gasteiger partial charge in [0, 0.05) is 50.8 Å². The Kier molecular flexibility index (Phi) is 4.78. The molecule has 0 radical (unpaired) electrons. The maximum Gasteiger partial charge on any atom is 0.223 e. The number of nitrogens with zero attached hydrogens (tertiary/aromatic N) is 3. The molecule has 2 saturated heterocycles. The van der Waals surface area contributed by atoms with Crippen LogP contribution in [0.4, 0.5) is 0 Å². The van der Waals surface area contributed by atoms with E-state index in [0.29, 0.717) is 11.8 Å². The maximum absolute atomic E-state index is 12.2. The molecule has 6 nitrogen and oxygen atoms in total. The number of carbonyl (C=O) groups is 1. The standard InChI is InChI=1S/C16H26N4O2/c1-19-9-12(7-18-19)10-20-5-3-14-13(11-22-2)8-17-16(21)15(14)4-6-20/h7,9,13-15H,3-6,8,10-11H2,1-2H3,(H,17,21)/t13-,14-,15-/m0/s1. The fourth-order valence-electron chi connectivity index (χ4n) is 3.95. The summed E-state index contributed by atoms with van der Waals surface area (Å²) < 4.78 is 7.20. The van der Waals surface area contributed by atoms with E-state index < -0.39 is 0 Å². The lowest BCUT2D eigenvalue weighted by Gasteiger charge is -2.36. The number of piperidine rings is 1. The third-order valence-electron chi connectivity index (χ3n) is 5.08. The highest BCUT2D eigenvalue weighted by Gasteiger charge is 2.39. The molecule has 1 aromatic heterocycles. The van der Waals surface area contributed by atoms with Crippen molar-refractivity contribution in [1.82, 2.24) is 20.0 Å². The topological polar surface area (TPSA) is 59.4 Å². The van der Waals surface area contributed by atoms with E-state index >= 15 is 0 Å². The van der Waals surface area contributed by atoms with Crippen LogP contribution in [-0.2, 0) is 23.1 Å². The lowest BCUT2D eigenvalue weighted by atomic mass is 9.75. The maximum atomic E-state index is 12.2. The quantitative estimate of drug-likeness (QED) is 0.887. The van der Waals surface area contributed by atoms with Crippen molar-refractivity contribution in [3.63, 3.8) is 0 Å². The van der Waals surface area contributed by atoms with Gasteiger partial charge < -0.3 is 10.1 Å². The number of ether oxygens (including phenoxy) is 1. The summed E-state index contributed by atoms with van der Waals surface area (Å²) in [7, 11) is 3.69. The molecule has 2 aliphatic heterocycles. The van der Waals surface area contributed by atoms with Gasteiger partial charge in [-0.3, -0.25) is 14.4 Å². The van der Waals surface area contributed by atoms with Gasteiger partial charge in [-0.2, -0.15) is 5.10 Å². The monoisotopic (exact) mass is 306 g/mol. The van der Waals surface area contributed by atoms with Gasteiger partial charge in [0.15, 0.2) is 0 Å². The SMILES string of the molecule is COC[C@@H]1CNC(=O)[C@H]2CCN(Cc3cnn(C)c3)CC[C@@H]12. The summed E-state index contributed by atoms with van der Waals surface area (Å²) in [5, 5.41) is 7.30. The molecule has 0 aromatic carbocycles. The van der Waals surface area contributed by atoms with Gasteiger partial charge in [-0.15, -0.1) is 0 Å². The zero-order valence-corrected chi connectivity index (χ0v) is 13.5. The van der Waals surface area contributed by atoms with Crippen LogP contribution in [0.3, 0.4) is 0 Å². The van der Waals surface area contributed by atoms with Crippen LogP contribution in [0.25, 0.3) is 0 Å². The number of nitrogens with one attached hydrogen (secondary N) is 1. The summed E-state index contributed by atoms with van der Waals surface area (Å²) in [6.07, 6.45) is 6.01. The molecule has 22 heavy (non-hydrogen) atoms. The van der Waals surface area contributed by atoms with Gasteiger partial charge >= 0.3 is 0 Å². The molecule has 0 unspecified atom stereocenters. The number of likely N-dealkylation sites (tertiary alicyclic amines) is 1. The Morgan fingerprint density at radius 3 is 2.95 bits per heavy atom. The van der Waals surface area contributed by atoms with Gasteiger partial charge in [-0.05, 0) is 31.8 Å². The van der Waals surface area contributed by atoms with E-state index in [9.17, 15) is 4.79 Å². The third kappa shape index (κ3) is 3.33. The van der Waals surface area contributed by atoms with Crippen molar-refractivity contribution in [2.24, 2.45) is 24.8 Å². The van der Waals surface area contributed by atoms with E-state index in [0.717, 1.165) is 45.6 Å². The first-order valence-electron chi connectivity index (χ1n) is 8.14. The number of carbonyl (C=O) groups excluding carboxylic acids is 1. The van der Waals surface area contributed by atoms with Crippen molar-refractivity contribution < 1.29 is 9.53 Å². The molecule has 3 atom stereocenters. The molecule has 2 aliphatic rings. The summed E-state index contributed by atoms with van der Waals surface area (Å²) in [5.74, 6) is 1.28. The van der Waals surface area contributed by atoms with Gasteiger partial charge in [0.2, 0.25) is 5.91 Å². The lowest BCUT2D eigenvalue weighted by Crippen LogP contribution is -2.49. The van der Waals surface area contributed by atoms with Gasteiger partial charge in [0.05, 0.1) is 12.8 Å². The Bertz CT molecular complexity index is 516. The largest absolute Gasteiger partial charge is 0.384 e. The Morgan fingerprint density at radius 1 is 1.41 bits per heavy atom. The number of methoxy groups -OCH3 is 1. The highest BCUT2D eigenvalue weighted by atomic mass is 16.5. The second-order valence-electron chi connectivity index (χ2n) is 6.61. The Labute approximate surface area is 131 Å². The molecule has 0 spiro atoms. The summed E-state index contributed by atoms with van der Waals surface area (Å²) >= 11 is 0. The Morgan fingerprint density at radius 2 is 2.23 bits per heavy atom. The lowest BCUT2D eigenvalue weighted by molar-refractivity contribution is -0.131. The van der Waals surface area contributed by atoms with Crippen LogP contribution in [0.2, 0.25) is 0 Å². The van der Waals surface area contributed by atoms with Crippen LogP contribution in [-0.4, -0.2) is 53.9 Å². The van der Waals surface area contributed by atoms with E-state index in [1.165, 1.54) is 5.56 Å². The zero-order valence-electron chi connectivity index (χ0n) is 13.5. The number of aromatic nitrogens is 2. The van der Waals surface area contributed by atoms with E-state index in [1.54, 1.807) is 7.11 Å². The minimum atomic E-state index is 0.146. The van der Waals surface area contributed by atoms with Crippen LogP contribution in [0.5, 0.6) is 0 Å². The van der Waals surface area contributed by atoms with Crippen molar-refractivity contribution >= 4 is 5.91 Å². The molecule has 0 aliphatic carbocycles. The number of hydrogen-bond acceptors (Lipinski definition) is 4. The molecular formula is C16H26N4O2. The van der Waals surface area contributed by atoms with Gasteiger partial charge in [-0.1, -0.05) is 0 Å². The minimum Gasteiger partial charge on any atom is -0.384 e. The normalized spacial score (nSPS) is 29.7. The van der Waals surface area contributed by atoms with Gasteiger partial charge in [0.25, 0.3) is 0 Å². The average molecular weight is 306 g/mol. The van der Waals surface area contributed by atoms with Crippen LogP contribution in [0, 0.1) is 17.8 Å². The Hall–Kier alpha value is -1.40.